The zero-order chi connectivity index (χ0) is 20.7. The van der Waals surface area contributed by atoms with Crippen molar-refractivity contribution in [2.24, 2.45) is 0 Å². The Kier molecular flexibility index (Phi) is 7.21. The van der Waals surface area contributed by atoms with E-state index >= 15 is 0 Å². The molecule has 28 heavy (non-hydrogen) atoms. The lowest BCUT2D eigenvalue weighted by molar-refractivity contribution is 0.228. The predicted molar refractivity (Wildman–Crippen MR) is 113 cm³/mol. The van der Waals surface area contributed by atoms with E-state index in [2.05, 4.69) is 26.5 Å². The van der Waals surface area contributed by atoms with Gasteiger partial charge in [0, 0.05) is 37.6 Å². The van der Waals surface area contributed by atoms with Gasteiger partial charge in [-0.25, -0.2) is 9.78 Å². The topological polar surface area (TPSA) is 74.6 Å². The number of allylic oxidation sites excluding steroid dienone is 3. The van der Waals surface area contributed by atoms with Crippen molar-refractivity contribution in [1.29, 1.82) is 0 Å². The van der Waals surface area contributed by atoms with Crippen LogP contribution in [0.15, 0.2) is 41.6 Å². The molecule has 0 aliphatic carbocycles. The van der Waals surface area contributed by atoms with Crippen LogP contribution in [0.25, 0.3) is 5.65 Å². The van der Waals surface area contributed by atoms with Crippen LogP contribution < -0.4 is 10.6 Å². The number of likely N-dealkylation sites (N-methyl/N-ethyl adjacent to an activating group) is 1. The van der Waals surface area contributed by atoms with Crippen molar-refractivity contribution < 1.29 is 4.79 Å². The highest BCUT2D eigenvalue weighted by Gasteiger charge is 2.26. The zero-order valence-corrected chi connectivity index (χ0v) is 17.2. The summed E-state index contributed by atoms with van der Waals surface area (Å²) >= 11 is 0. The number of nitrogens with zero attached hydrogens (tertiary/aromatic N) is 4. The summed E-state index contributed by atoms with van der Waals surface area (Å²) in [5, 5.41) is 6.05. The summed E-state index contributed by atoms with van der Waals surface area (Å²) < 4.78 is 1.86. The lowest BCUT2D eigenvalue weighted by atomic mass is 10.1. The molecule has 0 spiro atoms. The molecule has 7 nitrogen and oxygen atoms in total. The molecule has 0 unspecified atom stereocenters. The summed E-state index contributed by atoms with van der Waals surface area (Å²) in [6.45, 7) is 8.49. The Balaban J connectivity index is 0.000000640. The second-order valence-electron chi connectivity index (χ2n) is 6.33. The summed E-state index contributed by atoms with van der Waals surface area (Å²) in [6, 6.07) is -0.165. The molecule has 0 radical (unpaired) electrons. The molecule has 2 amide bonds. The van der Waals surface area contributed by atoms with Crippen LogP contribution in [0, 0.1) is 19.3 Å². The quantitative estimate of drug-likeness (QED) is 0.796. The van der Waals surface area contributed by atoms with Gasteiger partial charge in [-0.15, -0.1) is 12.3 Å². The standard InChI is InChI=1S/C17H22N6O.C4H6/c1-5-14(18-4)13-6-7-23(12(13)3)17(24)21-15-10-22-9-11(2)19-8-16(22)20-15;1-3-4-2/h5,8-10,18H,6-7H2,1-4H3,(H,21,24);1H,4H2,2H3/b14-5+;. The Bertz CT molecular complexity index is 947. The van der Waals surface area contributed by atoms with Gasteiger partial charge >= 0.3 is 6.03 Å². The van der Waals surface area contributed by atoms with Crippen LogP contribution >= 0.6 is 0 Å². The highest BCUT2D eigenvalue weighted by atomic mass is 16.2. The number of aromatic nitrogens is 3. The first-order valence-electron chi connectivity index (χ1n) is 9.32. The number of carbonyl (C=O) groups is 1. The molecule has 0 atom stereocenters. The number of carbonyl (C=O) groups excluding carboxylic acids is 1. The average Bonchev–Trinajstić information content (AvgIpc) is 3.26. The van der Waals surface area contributed by atoms with E-state index < -0.39 is 0 Å². The van der Waals surface area contributed by atoms with Crippen LogP contribution in [0.1, 0.15) is 39.3 Å². The summed E-state index contributed by atoms with van der Waals surface area (Å²) in [7, 11) is 1.89. The number of imidazole rings is 1. The fourth-order valence-electron chi connectivity index (χ4n) is 3.03. The van der Waals surface area contributed by atoms with Crippen molar-refractivity contribution in [2.45, 2.75) is 40.5 Å². The highest BCUT2D eigenvalue weighted by Crippen LogP contribution is 2.27. The molecule has 0 fully saturated rings. The van der Waals surface area contributed by atoms with Gasteiger partial charge in [-0.1, -0.05) is 13.0 Å². The summed E-state index contributed by atoms with van der Waals surface area (Å²) in [5.41, 5.74) is 4.81. The van der Waals surface area contributed by atoms with Crippen molar-refractivity contribution in [3.05, 3.63) is 47.3 Å². The number of fused-ring (bicyclic) bond motifs is 1. The van der Waals surface area contributed by atoms with Gasteiger partial charge in [-0.05, 0) is 32.8 Å². The Morgan fingerprint density at radius 3 is 2.71 bits per heavy atom. The normalized spacial score (nSPS) is 13.9. The average molecular weight is 380 g/mol. The summed E-state index contributed by atoms with van der Waals surface area (Å²) in [5.74, 6) is 2.95. The maximum absolute atomic E-state index is 12.6. The first-order chi connectivity index (χ1) is 13.4. The van der Waals surface area contributed by atoms with E-state index in [1.54, 1.807) is 17.3 Å². The fourth-order valence-corrected chi connectivity index (χ4v) is 3.03. The molecule has 7 heteroatoms. The van der Waals surface area contributed by atoms with Crippen molar-refractivity contribution in [2.75, 3.05) is 18.9 Å². The molecular weight excluding hydrogens is 352 g/mol. The first-order valence-corrected chi connectivity index (χ1v) is 9.32. The van der Waals surface area contributed by atoms with E-state index in [4.69, 9.17) is 6.42 Å². The van der Waals surface area contributed by atoms with Crippen molar-refractivity contribution in [1.82, 2.24) is 24.6 Å². The molecule has 0 bridgehead atoms. The molecule has 0 saturated carbocycles. The Morgan fingerprint density at radius 1 is 1.39 bits per heavy atom. The number of hydrogen-bond acceptors (Lipinski definition) is 4. The number of amides is 2. The molecule has 148 valence electrons. The smallest absolute Gasteiger partial charge is 0.327 e. The lowest BCUT2D eigenvalue weighted by Crippen LogP contribution is -2.31. The molecule has 1 aliphatic heterocycles. The molecule has 0 aromatic carbocycles. The second-order valence-corrected chi connectivity index (χ2v) is 6.33. The van der Waals surface area contributed by atoms with Gasteiger partial charge in [-0.2, -0.15) is 0 Å². The highest BCUT2D eigenvalue weighted by molar-refractivity contribution is 5.90. The largest absolute Gasteiger partial charge is 0.388 e. The molecule has 3 rings (SSSR count). The van der Waals surface area contributed by atoms with Crippen LogP contribution in [0.5, 0.6) is 0 Å². The maximum atomic E-state index is 12.6. The third kappa shape index (κ3) is 4.71. The van der Waals surface area contributed by atoms with Crippen LogP contribution in [0.2, 0.25) is 0 Å². The first kappa shape index (κ1) is 21.0. The van der Waals surface area contributed by atoms with Crippen LogP contribution in [-0.4, -0.2) is 38.9 Å². The molecular formula is C21H28N6O. The van der Waals surface area contributed by atoms with E-state index in [-0.39, 0.29) is 6.03 Å². The second kappa shape index (κ2) is 9.60. The number of nitrogens with one attached hydrogen (secondary N) is 2. The summed E-state index contributed by atoms with van der Waals surface area (Å²) in [4.78, 5) is 22.9. The molecule has 0 saturated heterocycles. The van der Waals surface area contributed by atoms with Gasteiger partial charge in [0.1, 0.15) is 0 Å². The SMILES string of the molecule is C#CCC.C/C=C(/NC)C1=C(C)N(C(=O)Nc2cn3cc(C)ncc3n2)CC1. The van der Waals surface area contributed by atoms with Gasteiger partial charge in [0.2, 0.25) is 0 Å². The van der Waals surface area contributed by atoms with E-state index in [1.165, 1.54) is 5.57 Å². The maximum Gasteiger partial charge on any atom is 0.327 e. The van der Waals surface area contributed by atoms with Crippen molar-refractivity contribution >= 4 is 17.5 Å². The van der Waals surface area contributed by atoms with Crippen LogP contribution in [0.4, 0.5) is 10.6 Å². The van der Waals surface area contributed by atoms with Gasteiger partial charge in [0.15, 0.2) is 11.5 Å². The monoisotopic (exact) mass is 380 g/mol. The minimum absolute atomic E-state index is 0.165. The summed E-state index contributed by atoms with van der Waals surface area (Å²) in [6.07, 6.45) is 13.9. The minimum Gasteiger partial charge on any atom is -0.388 e. The Labute approximate surface area is 166 Å². The van der Waals surface area contributed by atoms with E-state index in [0.29, 0.717) is 18.0 Å². The Morgan fingerprint density at radius 2 is 2.11 bits per heavy atom. The van der Waals surface area contributed by atoms with Gasteiger partial charge in [0.25, 0.3) is 0 Å². The number of anilines is 1. The molecule has 3 heterocycles. The van der Waals surface area contributed by atoms with Crippen molar-refractivity contribution in [3.8, 4) is 12.3 Å². The minimum atomic E-state index is -0.165. The number of aryl methyl sites for hydroxylation is 1. The van der Waals surface area contributed by atoms with Crippen molar-refractivity contribution in [3.63, 3.8) is 0 Å². The molecule has 1 aliphatic rings. The van der Waals surface area contributed by atoms with Gasteiger partial charge in [-0.3, -0.25) is 15.2 Å². The third-order valence-electron chi connectivity index (χ3n) is 4.46. The lowest BCUT2D eigenvalue weighted by Gasteiger charge is -2.18. The van der Waals surface area contributed by atoms with Gasteiger partial charge < -0.3 is 9.72 Å². The fraction of sp³-hybridized carbons (Fsp3) is 0.381. The molecule has 2 aromatic rings. The third-order valence-corrected chi connectivity index (χ3v) is 4.46. The molecule has 2 aromatic heterocycles. The predicted octanol–water partition coefficient (Wildman–Crippen LogP) is 3.70. The number of rotatable bonds is 3. The van der Waals surface area contributed by atoms with Gasteiger partial charge in [0.05, 0.1) is 18.1 Å². The number of hydrogen-bond donors (Lipinski definition) is 2. The molecule has 2 N–H and O–H groups in total. The number of urea groups is 1. The number of terminal acetylenes is 1. The zero-order valence-electron chi connectivity index (χ0n) is 17.2. The van der Waals surface area contributed by atoms with E-state index in [0.717, 1.165) is 29.9 Å². The van der Waals surface area contributed by atoms with Crippen LogP contribution in [0.3, 0.4) is 0 Å². The van der Waals surface area contributed by atoms with Crippen LogP contribution in [-0.2, 0) is 0 Å². The Hall–Kier alpha value is -3.27. The van der Waals surface area contributed by atoms with E-state index in [1.807, 2.05) is 51.4 Å². The van der Waals surface area contributed by atoms with E-state index in [9.17, 15) is 4.79 Å².